The van der Waals surface area contributed by atoms with Gasteiger partial charge in [-0.25, -0.2) is 0 Å². The van der Waals surface area contributed by atoms with Gasteiger partial charge in [-0.1, -0.05) is 28.1 Å². The second kappa shape index (κ2) is 7.51. The van der Waals surface area contributed by atoms with E-state index in [0.29, 0.717) is 18.2 Å². The average molecular weight is 399 g/mol. The highest BCUT2D eigenvalue weighted by molar-refractivity contribution is 9.10. The van der Waals surface area contributed by atoms with Crippen molar-refractivity contribution in [2.24, 2.45) is 18.7 Å². The van der Waals surface area contributed by atoms with Crippen molar-refractivity contribution in [2.75, 3.05) is 6.54 Å². The summed E-state index contributed by atoms with van der Waals surface area (Å²) in [7, 11) is 1.91. The van der Waals surface area contributed by atoms with Gasteiger partial charge in [-0.15, -0.1) is 12.4 Å². The molecule has 2 aromatic rings. The van der Waals surface area contributed by atoms with Gasteiger partial charge >= 0.3 is 0 Å². The summed E-state index contributed by atoms with van der Waals surface area (Å²) in [6.45, 7) is 0.544. The minimum absolute atomic E-state index is 0. The molecule has 0 aliphatic heterocycles. The van der Waals surface area contributed by atoms with E-state index < -0.39 is 0 Å². The molecule has 23 heavy (non-hydrogen) atoms. The Morgan fingerprint density at radius 1 is 1.30 bits per heavy atom. The Balaban J connectivity index is 0.00000192. The molecule has 3 N–H and O–H groups in total. The Kier molecular flexibility index (Phi) is 5.89. The number of nitrogens with zero attached hydrogens (tertiary/aromatic N) is 1. The fourth-order valence-electron chi connectivity index (χ4n) is 2.64. The highest BCUT2D eigenvalue weighted by Crippen LogP contribution is 2.31. The smallest absolute Gasteiger partial charge is 0.267 e. The van der Waals surface area contributed by atoms with E-state index in [2.05, 4.69) is 21.2 Å². The molecule has 1 amide bonds. The van der Waals surface area contributed by atoms with Gasteiger partial charge in [0, 0.05) is 29.8 Å². The zero-order chi connectivity index (χ0) is 15.7. The highest BCUT2D eigenvalue weighted by atomic mass is 79.9. The summed E-state index contributed by atoms with van der Waals surface area (Å²) in [6.07, 6.45) is 2.38. The van der Waals surface area contributed by atoms with Gasteiger partial charge in [-0.3, -0.25) is 4.79 Å². The van der Waals surface area contributed by atoms with Crippen LogP contribution in [0.2, 0.25) is 0 Å². The van der Waals surface area contributed by atoms with Crippen LogP contribution in [0, 0.1) is 5.92 Å². The standard InChI is InChI=1S/C17H20BrN3O.ClH/c1-21-15(12-4-6-13(18)7-5-12)8-9-16(21)17(22)20-10-14(19)11-2-3-11;/h4-9,11,14H,2-3,10,19H2,1H3,(H,20,22);1H. The minimum atomic E-state index is -0.0676. The number of hydrogen-bond donors (Lipinski definition) is 2. The van der Waals surface area contributed by atoms with Gasteiger partial charge in [-0.2, -0.15) is 0 Å². The van der Waals surface area contributed by atoms with Crippen LogP contribution in [-0.2, 0) is 7.05 Å². The number of hydrogen-bond acceptors (Lipinski definition) is 2. The van der Waals surface area contributed by atoms with Gasteiger partial charge in [0.05, 0.1) is 0 Å². The van der Waals surface area contributed by atoms with Crippen LogP contribution in [0.5, 0.6) is 0 Å². The van der Waals surface area contributed by atoms with Gasteiger partial charge in [0.15, 0.2) is 0 Å². The summed E-state index contributed by atoms with van der Waals surface area (Å²) >= 11 is 3.43. The van der Waals surface area contributed by atoms with Crippen molar-refractivity contribution >= 4 is 34.2 Å². The number of aromatic nitrogens is 1. The summed E-state index contributed by atoms with van der Waals surface area (Å²) in [6, 6.07) is 12.0. The molecule has 1 heterocycles. The van der Waals surface area contributed by atoms with Crippen LogP contribution in [0.15, 0.2) is 40.9 Å². The molecule has 1 aromatic carbocycles. The first kappa shape index (κ1) is 18.0. The first-order chi connectivity index (χ1) is 10.6. The average Bonchev–Trinajstić information content (AvgIpc) is 3.29. The van der Waals surface area contributed by atoms with Crippen LogP contribution in [0.1, 0.15) is 23.3 Å². The number of carbonyl (C=O) groups is 1. The SMILES string of the molecule is Cl.Cn1c(C(=O)NCC(N)C2CC2)ccc1-c1ccc(Br)cc1. The van der Waals surface area contributed by atoms with Gasteiger partial charge in [0.2, 0.25) is 0 Å². The van der Waals surface area contributed by atoms with E-state index in [1.807, 2.05) is 48.0 Å². The molecular weight excluding hydrogens is 378 g/mol. The Hall–Kier alpha value is -1.30. The maximum Gasteiger partial charge on any atom is 0.267 e. The van der Waals surface area contributed by atoms with Crippen molar-refractivity contribution in [1.29, 1.82) is 0 Å². The zero-order valence-electron chi connectivity index (χ0n) is 13.0. The van der Waals surface area contributed by atoms with Crippen molar-refractivity contribution in [1.82, 2.24) is 9.88 Å². The van der Waals surface area contributed by atoms with Gasteiger partial charge in [-0.05, 0) is 48.6 Å². The first-order valence-electron chi connectivity index (χ1n) is 7.51. The van der Waals surface area contributed by atoms with E-state index in [9.17, 15) is 4.79 Å². The van der Waals surface area contributed by atoms with Gasteiger partial charge in [0.25, 0.3) is 5.91 Å². The van der Waals surface area contributed by atoms with Crippen LogP contribution >= 0.6 is 28.3 Å². The molecule has 6 heteroatoms. The molecule has 1 saturated carbocycles. The van der Waals surface area contributed by atoms with Crippen molar-refractivity contribution in [3.63, 3.8) is 0 Å². The number of benzene rings is 1. The predicted octanol–water partition coefficient (Wildman–Crippen LogP) is 3.34. The number of amides is 1. The van der Waals surface area contributed by atoms with E-state index in [1.165, 1.54) is 12.8 Å². The number of carbonyl (C=O) groups excluding carboxylic acids is 1. The summed E-state index contributed by atoms with van der Waals surface area (Å²) in [5, 5.41) is 2.94. The minimum Gasteiger partial charge on any atom is -0.349 e. The van der Waals surface area contributed by atoms with Crippen molar-refractivity contribution in [3.05, 3.63) is 46.6 Å². The van der Waals surface area contributed by atoms with Gasteiger partial charge in [0.1, 0.15) is 5.69 Å². The third kappa shape index (κ3) is 4.16. The molecule has 0 saturated heterocycles. The molecule has 1 fully saturated rings. The molecule has 1 aliphatic carbocycles. The second-order valence-electron chi connectivity index (χ2n) is 5.88. The monoisotopic (exact) mass is 397 g/mol. The van der Waals surface area contributed by atoms with Crippen LogP contribution in [0.4, 0.5) is 0 Å². The fourth-order valence-corrected chi connectivity index (χ4v) is 2.91. The Morgan fingerprint density at radius 3 is 2.57 bits per heavy atom. The van der Waals surface area contributed by atoms with E-state index in [0.717, 1.165) is 15.7 Å². The first-order valence-corrected chi connectivity index (χ1v) is 8.31. The molecule has 1 aromatic heterocycles. The topological polar surface area (TPSA) is 60.0 Å². The molecular formula is C17H21BrClN3O. The van der Waals surface area contributed by atoms with Crippen LogP contribution < -0.4 is 11.1 Å². The lowest BCUT2D eigenvalue weighted by atomic mass is 10.1. The molecule has 1 atom stereocenters. The van der Waals surface area contributed by atoms with E-state index in [4.69, 9.17) is 5.73 Å². The second-order valence-corrected chi connectivity index (χ2v) is 6.80. The van der Waals surface area contributed by atoms with Crippen molar-refractivity contribution < 1.29 is 4.79 Å². The number of nitrogens with one attached hydrogen (secondary N) is 1. The molecule has 3 rings (SSSR count). The number of nitrogens with two attached hydrogens (primary N) is 1. The maximum absolute atomic E-state index is 12.3. The molecule has 1 aliphatic rings. The van der Waals surface area contributed by atoms with E-state index in [1.54, 1.807) is 0 Å². The molecule has 1 unspecified atom stereocenters. The third-order valence-corrected chi connectivity index (χ3v) is 4.75. The summed E-state index contributed by atoms with van der Waals surface area (Å²) in [5.41, 5.74) is 8.78. The van der Waals surface area contributed by atoms with Crippen LogP contribution in [0.25, 0.3) is 11.3 Å². The zero-order valence-corrected chi connectivity index (χ0v) is 15.4. The lowest BCUT2D eigenvalue weighted by molar-refractivity contribution is 0.0942. The third-order valence-electron chi connectivity index (χ3n) is 4.22. The van der Waals surface area contributed by atoms with Crippen molar-refractivity contribution in [2.45, 2.75) is 18.9 Å². The fraction of sp³-hybridized carbons (Fsp3) is 0.353. The Morgan fingerprint density at radius 2 is 1.96 bits per heavy atom. The molecule has 0 spiro atoms. The summed E-state index contributed by atoms with van der Waals surface area (Å²) in [4.78, 5) is 12.3. The lowest BCUT2D eigenvalue weighted by Crippen LogP contribution is -2.39. The highest BCUT2D eigenvalue weighted by Gasteiger charge is 2.28. The number of halogens is 2. The van der Waals surface area contributed by atoms with Crippen LogP contribution in [-0.4, -0.2) is 23.1 Å². The quantitative estimate of drug-likeness (QED) is 0.811. The van der Waals surface area contributed by atoms with E-state index >= 15 is 0 Å². The van der Waals surface area contributed by atoms with Crippen LogP contribution in [0.3, 0.4) is 0 Å². The van der Waals surface area contributed by atoms with Crippen molar-refractivity contribution in [3.8, 4) is 11.3 Å². The summed E-state index contributed by atoms with van der Waals surface area (Å²) < 4.78 is 2.96. The largest absolute Gasteiger partial charge is 0.349 e. The molecule has 4 nitrogen and oxygen atoms in total. The number of rotatable bonds is 5. The molecule has 0 radical (unpaired) electrons. The molecule has 124 valence electrons. The normalized spacial score (nSPS) is 14.9. The molecule has 0 bridgehead atoms. The Labute approximate surface area is 151 Å². The van der Waals surface area contributed by atoms with Gasteiger partial charge < -0.3 is 15.6 Å². The predicted molar refractivity (Wildman–Crippen MR) is 98.8 cm³/mol. The Bertz CT molecular complexity index is 680. The summed E-state index contributed by atoms with van der Waals surface area (Å²) in [5.74, 6) is 0.522. The lowest BCUT2D eigenvalue weighted by Gasteiger charge is -2.12. The maximum atomic E-state index is 12.3. The van der Waals surface area contributed by atoms with E-state index in [-0.39, 0.29) is 24.4 Å².